The SMILES string of the molecule is CCCN(CC1CCCCN1)C(C)c1cc(C)cc(C)c1. The molecule has 0 aromatic heterocycles. The smallest absolute Gasteiger partial charge is 0.0320 e. The van der Waals surface area contributed by atoms with Crippen LogP contribution in [0.2, 0.25) is 0 Å². The zero-order valence-corrected chi connectivity index (χ0v) is 14.3. The van der Waals surface area contributed by atoms with Gasteiger partial charge in [-0.05, 0) is 58.7 Å². The maximum Gasteiger partial charge on any atom is 0.0320 e. The Morgan fingerprint density at radius 2 is 1.90 bits per heavy atom. The van der Waals surface area contributed by atoms with Gasteiger partial charge in [0.05, 0.1) is 0 Å². The minimum atomic E-state index is 0.507. The van der Waals surface area contributed by atoms with Crippen LogP contribution in [0.25, 0.3) is 0 Å². The summed E-state index contributed by atoms with van der Waals surface area (Å²) in [5, 5.41) is 3.70. The molecule has 1 aromatic carbocycles. The summed E-state index contributed by atoms with van der Waals surface area (Å²) in [5.41, 5.74) is 4.23. The Hall–Kier alpha value is -0.860. The zero-order chi connectivity index (χ0) is 15.2. The Bertz CT molecular complexity index is 415. The summed E-state index contributed by atoms with van der Waals surface area (Å²) in [7, 11) is 0. The van der Waals surface area contributed by atoms with Crippen LogP contribution in [-0.2, 0) is 0 Å². The predicted octanol–water partition coefficient (Wildman–Crippen LogP) is 4.22. The molecule has 2 heteroatoms. The van der Waals surface area contributed by atoms with Gasteiger partial charge in [-0.25, -0.2) is 0 Å². The third-order valence-corrected chi connectivity index (χ3v) is 4.65. The molecule has 1 fully saturated rings. The van der Waals surface area contributed by atoms with Crippen molar-refractivity contribution >= 4 is 0 Å². The maximum atomic E-state index is 3.70. The fraction of sp³-hybridized carbons (Fsp3) is 0.684. The minimum Gasteiger partial charge on any atom is -0.313 e. The van der Waals surface area contributed by atoms with Crippen molar-refractivity contribution in [2.45, 2.75) is 65.5 Å². The molecule has 1 heterocycles. The molecular formula is C19H32N2. The van der Waals surface area contributed by atoms with Crippen molar-refractivity contribution in [3.05, 3.63) is 34.9 Å². The van der Waals surface area contributed by atoms with Crippen molar-refractivity contribution in [2.75, 3.05) is 19.6 Å². The molecule has 2 nitrogen and oxygen atoms in total. The summed E-state index contributed by atoms with van der Waals surface area (Å²) in [4.78, 5) is 2.66. The summed E-state index contributed by atoms with van der Waals surface area (Å²) >= 11 is 0. The molecule has 0 spiro atoms. The summed E-state index contributed by atoms with van der Waals surface area (Å²) in [6.07, 6.45) is 5.29. The van der Waals surface area contributed by atoms with E-state index in [9.17, 15) is 0 Å². The van der Waals surface area contributed by atoms with Gasteiger partial charge in [-0.2, -0.15) is 0 Å². The second-order valence-corrected chi connectivity index (χ2v) is 6.74. The Labute approximate surface area is 130 Å². The molecule has 0 bridgehead atoms. The van der Waals surface area contributed by atoms with Crippen LogP contribution < -0.4 is 5.32 Å². The van der Waals surface area contributed by atoms with Crippen LogP contribution in [0, 0.1) is 13.8 Å². The lowest BCUT2D eigenvalue weighted by molar-refractivity contribution is 0.176. The molecule has 1 aliphatic heterocycles. The van der Waals surface area contributed by atoms with Crippen molar-refractivity contribution in [3.8, 4) is 0 Å². The molecule has 0 amide bonds. The number of hydrogen-bond donors (Lipinski definition) is 1. The second kappa shape index (κ2) is 7.95. The van der Waals surface area contributed by atoms with Crippen LogP contribution in [0.5, 0.6) is 0 Å². The fourth-order valence-electron chi connectivity index (χ4n) is 3.56. The van der Waals surface area contributed by atoms with E-state index >= 15 is 0 Å². The van der Waals surface area contributed by atoms with E-state index in [0.29, 0.717) is 12.1 Å². The first-order valence-electron chi connectivity index (χ1n) is 8.65. The lowest BCUT2D eigenvalue weighted by Crippen LogP contribution is -2.44. The van der Waals surface area contributed by atoms with Crippen LogP contribution in [0.3, 0.4) is 0 Å². The molecule has 2 unspecified atom stereocenters. The number of aryl methyl sites for hydroxylation is 2. The molecular weight excluding hydrogens is 256 g/mol. The van der Waals surface area contributed by atoms with E-state index in [1.54, 1.807) is 0 Å². The van der Waals surface area contributed by atoms with E-state index in [4.69, 9.17) is 0 Å². The first-order valence-corrected chi connectivity index (χ1v) is 8.65. The summed E-state index contributed by atoms with van der Waals surface area (Å²) in [6, 6.07) is 8.16. The Morgan fingerprint density at radius 1 is 1.19 bits per heavy atom. The molecule has 1 saturated heterocycles. The van der Waals surface area contributed by atoms with Gasteiger partial charge in [-0.15, -0.1) is 0 Å². The van der Waals surface area contributed by atoms with Gasteiger partial charge in [0, 0.05) is 18.6 Å². The van der Waals surface area contributed by atoms with Gasteiger partial charge in [0.1, 0.15) is 0 Å². The average molecular weight is 288 g/mol. The van der Waals surface area contributed by atoms with E-state index in [1.165, 1.54) is 62.0 Å². The van der Waals surface area contributed by atoms with Gasteiger partial charge in [0.15, 0.2) is 0 Å². The number of nitrogens with zero attached hydrogens (tertiary/aromatic N) is 1. The van der Waals surface area contributed by atoms with Crippen LogP contribution in [-0.4, -0.2) is 30.6 Å². The molecule has 1 aromatic rings. The highest BCUT2D eigenvalue weighted by molar-refractivity contribution is 5.30. The van der Waals surface area contributed by atoms with Gasteiger partial charge < -0.3 is 5.32 Å². The second-order valence-electron chi connectivity index (χ2n) is 6.74. The monoisotopic (exact) mass is 288 g/mol. The van der Waals surface area contributed by atoms with Crippen LogP contribution in [0.15, 0.2) is 18.2 Å². The van der Waals surface area contributed by atoms with E-state index < -0.39 is 0 Å². The third-order valence-electron chi connectivity index (χ3n) is 4.65. The first-order chi connectivity index (χ1) is 10.1. The normalized spacial score (nSPS) is 20.7. The summed E-state index contributed by atoms with van der Waals surface area (Å²) in [5.74, 6) is 0. The van der Waals surface area contributed by atoms with Crippen LogP contribution in [0.4, 0.5) is 0 Å². The van der Waals surface area contributed by atoms with Gasteiger partial charge >= 0.3 is 0 Å². The molecule has 21 heavy (non-hydrogen) atoms. The Kier molecular flexibility index (Phi) is 6.25. The van der Waals surface area contributed by atoms with Gasteiger partial charge in [0.2, 0.25) is 0 Å². The highest BCUT2D eigenvalue weighted by Gasteiger charge is 2.21. The average Bonchev–Trinajstić information content (AvgIpc) is 2.46. The zero-order valence-electron chi connectivity index (χ0n) is 14.3. The number of nitrogens with one attached hydrogen (secondary N) is 1. The number of hydrogen-bond acceptors (Lipinski definition) is 2. The number of rotatable bonds is 6. The molecule has 2 atom stereocenters. The largest absolute Gasteiger partial charge is 0.313 e. The quantitative estimate of drug-likeness (QED) is 0.843. The summed E-state index contributed by atoms with van der Waals surface area (Å²) in [6.45, 7) is 12.6. The fourth-order valence-corrected chi connectivity index (χ4v) is 3.56. The molecule has 0 saturated carbocycles. The van der Waals surface area contributed by atoms with Crippen molar-refractivity contribution in [1.29, 1.82) is 0 Å². The van der Waals surface area contributed by atoms with Crippen molar-refractivity contribution < 1.29 is 0 Å². The molecule has 0 radical (unpaired) electrons. The van der Waals surface area contributed by atoms with Gasteiger partial charge in [0.25, 0.3) is 0 Å². The minimum absolute atomic E-state index is 0.507. The lowest BCUT2D eigenvalue weighted by Gasteiger charge is -2.34. The van der Waals surface area contributed by atoms with Crippen LogP contribution >= 0.6 is 0 Å². The standard InChI is InChI=1S/C19H32N2/c1-5-10-21(14-19-8-6-7-9-20-19)17(4)18-12-15(2)11-16(3)13-18/h11-13,17,19-20H,5-10,14H2,1-4H3. The maximum absolute atomic E-state index is 3.70. The van der Waals surface area contributed by atoms with E-state index in [2.05, 4.69) is 56.1 Å². The van der Waals surface area contributed by atoms with E-state index in [1.807, 2.05) is 0 Å². The van der Waals surface area contributed by atoms with Crippen LogP contribution in [0.1, 0.15) is 62.3 Å². The first kappa shape index (κ1) is 16.5. The third kappa shape index (κ3) is 4.82. The number of piperidine rings is 1. The van der Waals surface area contributed by atoms with Gasteiger partial charge in [-0.1, -0.05) is 42.7 Å². The van der Waals surface area contributed by atoms with Crippen molar-refractivity contribution in [3.63, 3.8) is 0 Å². The highest BCUT2D eigenvalue weighted by Crippen LogP contribution is 2.24. The van der Waals surface area contributed by atoms with E-state index in [0.717, 1.165) is 0 Å². The van der Waals surface area contributed by atoms with Crippen molar-refractivity contribution in [1.82, 2.24) is 10.2 Å². The van der Waals surface area contributed by atoms with Gasteiger partial charge in [-0.3, -0.25) is 4.90 Å². The molecule has 118 valence electrons. The van der Waals surface area contributed by atoms with Crippen molar-refractivity contribution in [2.24, 2.45) is 0 Å². The molecule has 0 aliphatic carbocycles. The Morgan fingerprint density at radius 3 is 2.48 bits per heavy atom. The highest BCUT2D eigenvalue weighted by atomic mass is 15.2. The molecule has 1 aliphatic rings. The Balaban J connectivity index is 2.08. The molecule has 1 N–H and O–H groups in total. The lowest BCUT2D eigenvalue weighted by atomic mass is 9.99. The number of benzene rings is 1. The topological polar surface area (TPSA) is 15.3 Å². The summed E-state index contributed by atoms with van der Waals surface area (Å²) < 4.78 is 0. The van der Waals surface area contributed by atoms with E-state index in [-0.39, 0.29) is 0 Å². The molecule has 2 rings (SSSR count). The predicted molar refractivity (Wildman–Crippen MR) is 91.8 cm³/mol.